The molecule has 0 radical (unpaired) electrons. The van der Waals surface area contributed by atoms with Crippen LogP contribution in [-0.4, -0.2) is 60.0 Å². The second kappa shape index (κ2) is 22.9. The van der Waals surface area contributed by atoms with Crippen LogP contribution in [0.3, 0.4) is 0 Å². The van der Waals surface area contributed by atoms with E-state index in [9.17, 15) is 0 Å². The molecule has 0 N–H and O–H groups in total. The molecule has 0 amide bonds. The number of rotatable bonds is 0. The Kier molecular flexibility index (Phi) is 39.0. The molecular formula is C9H27Cl3IrP3. The van der Waals surface area contributed by atoms with Crippen molar-refractivity contribution in [2.75, 3.05) is 60.0 Å². The van der Waals surface area contributed by atoms with E-state index in [2.05, 4.69) is 60.0 Å². The fourth-order valence-corrected chi connectivity index (χ4v) is 0. The van der Waals surface area contributed by atoms with Gasteiger partial charge in [0, 0.05) is 0 Å². The Hall–Kier alpha value is 2.81. The van der Waals surface area contributed by atoms with Crippen molar-refractivity contribution in [3.05, 3.63) is 0 Å². The van der Waals surface area contributed by atoms with Crippen LogP contribution in [0.15, 0.2) is 0 Å². The molecule has 0 saturated heterocycles. The van der Waals surface area contributed by atoms with E-state index in [0.717, 1.165) is 0 Å². The zero-order valence-electron chi connectivity index (χ0n) is 11.8. The second-order valence-corrected chi connectivity index (χ2v) is 22.6. The van der Waals surface area contributed by atoms with Crippen LogP contribution in [0.4, 0.5) is 0 Å². The fraction of sp³-hybridized carbons (Fsp3) is 1.00. The number of hydrogen-bond donors (Lipinski definition) is 0. The molecule has 0 aliphatic rings. The molecule has 0 aromatic carbocycles. The van der Waals surface area contributed by atoms with Crippen molar-refractivity contribution >= 4 is 52.5 Å². The third kappa shape index (κ3) is 532. The van der Waals surface area contributed by atoms with Gasteiger partial charge in [0.2, 0.25) is 0 Å². The summed E-state index contributed by atoms with van der Waals surface area (Å²) in [7, 11) is 16.1. The quantitative estimate of drug-likeness (QED) is 0.333. The summed E-state index contributed by atoms with van der Waals surface area (Å²) < 4.78 is 0. The first-order chi connectivity index (χ1) is 6.93. The average Bonchev–Trinajstić information content (AvgIpc) is 1.76. The first-order valence-corrected chi connectivity index (χ1v) is 21.4. The SMILES string of the molecule is CP(C)C.CP(C)C.CP(C)C.[Cl][Ir]([Cl])[Cl]. The van der Waals surface area contributed by atoms with Gasteiger partial charge in [-0.05, 0) is 60.0 Å². The summed E-state index contributed by atoms with van der Waals surface area (Å²) in [4.78, 5) is 0. The van der Waals surface area contributed by atoms with Crippen molar-refractivity contribution in [2.24, 2.45) is 0 Å². The van der Waals surface area contributed by atoms with Crippen molar-refractivity contribution in [2.45, 2.75) is 0 Å². The molecular weight excluding hydrogens is 500 g/mol. The van der Waals surface area contributed by atoms with E-state index in [1.807, 2.05) is 0 Å². The molecule has 0 unspecified atom stereocenters. The van der Waals surface area contributed by atoms with Gasteiger partial charge in [0.1, 0.15) is 0 Å². The van der Waals surface area contributed by atoms with E-state index in [1.54, 1.807) is 0 Å². The van der Waals surface area contributed by atoms with Crippen LogP contribution in [0.1, 0.15) is 0 Å². The van der Waals surface area contributed by atoms with Crippen molar-refractivity contribution in [3.8, 4) is 0 Å². The summed E-state index contributed by atoms with van der Waals surface area (Å²) in [6.07, 6.45) is 0. The Morgan fingerprint density at radius 2 is 0.500 bits per heavy atom. The van der Waals surface area contributed by atoms with Crippen LogP contribution in [0.2, 0.25) is 0 Å². The van der Waals surface area contributed by atoms with E-state index < -0.39 is 13.5 Å². The zero-order valence-corrected chi connectivity index (χ0v) is 19.2. The molecule has 0 bridgehead atoms. The molecule has 108 valence electrons. The van der Waals surface area contributed by atoms with Gasteiger partial charge in [-0.1, -0.05) is 0 Å². The first-order valence-electron chi connectivity index (χ1n) is 4.40. The Morgan fingerprint density at radius 3 is 0.500 bits per heavy atom. The molecule has 0 nitrogen and oxygen atoms in total. The standard InChI is InChI=1S/3C3H9P.3ClH.Ir/c3*1-4(2)3;;;;/h3*1-3H3;3*1H;/q;;;;;;+3/p-3. The summed E-state index contributed by atoms with van der Waals surface area (Å²) in [6.45, 7) is 20.1. The van der Waals surface area contributed by atoms with Gasteiger partial charge in [0.15, 0.2) is 0 Å². The molecule has 7 heteroatoms. The van der Waals surface area contributed by atoms with E-state index in [0.29, 0.717) is 23.8 Å². The normalized spacial score (nSPS) is 9.56. The van der Waals surface area contributed by atoms with Crippen LogP contribution < -0.4 is 0 Å². The Labute approximate surface area is 125 Å². The number of hydrogen-bond acceptors (Lipinski definition) is 0. The Bertz CT molecular complexity index is 69.0. The molecule has 16 heavy (non-hydrogen) atoms. The monoisotopic (exact) mass is 526 g/mol. The van der Waals surface area contributed by atoms with Crippen LogP contribution in [0.25, 0.3) is 0 Å². The minimum absolute atomic E-state index is 0.380. The van der Waals surface area contributed by atoms with Gasteiger partial charge >= 0.3 is 42.2 Å². The molecule has 0 aliphatic carbocycles. The van der Waals surface area contributed by atoms with Crippen molar-refractivity contribution in [3.63, 3.8) is 0 Å². The third-order valence-corrected chi connectivity index (χ3v) is 0. The van der Waals surface area contributed by atoms with Gasteiger partial charge in [-0.25, -0.2) is 0 Å². The van der Waals surface area contributed by atoms with Gasteiger partial charge in [0.25, 0.3) is 0 Å². The molecule has 0 rings (SSSR count). The molecule has 0 fully saturated rings. The van der Waals surface area contributed by atoms with Crippen LogP contribution in [0, 0.1) is 0 Å². The van der Waals surface area contributed by atoms with Crippen molar-refractivity contribution in [1.82, 2.24) is 0 Å². The van der Waals surface area contributed by atoms with Gasteiger partial charge in [-0.2, -0.15) is 0 Å². The molecule has 0 spiro atoms. The predicted octanol–water partition coefficient (Wildman–Crippen LogP) is 6.14. The Morgan fingerprint density at radius 1 is 0.500 bits per heavy atom. The van der Waals surface area contributed by atoms with Gasteiger partial charge in [0.05, 0.1) is 0 Å². The summed E-state index contributed by atoms with van der Waals surface area (Å²) in [5.74, 6) is 0. The van der Waals surface area contributed by atoms with Crippen molar-refractivity contribution < 1.29 is 13.5 Å². The Balaban J connectivity index is -0.0000000600. The van der Waals surface area contributed by atoms with Crippen LogP contribution >= 0.6 is 52.5 Å². The van der Waals surface area contributed by atoms with Crippen LogP contribution in [0.5, 0.6) is 0 Å². The average molecular weight is 527 g/mol. The summed E-state index contributed by atoms with van der Waals surface area (Å²) in [5, 5.41) is 0. The molecule has 0 aliphatic heterocycles. The fourth-order valence-electron chi connectivity index (χ4n) is 0. The van der Waals surface area contributed by atoms with E-state index in [4.69, 9.17) is 28.8 Å². The molecule has 0 aromatic rings. The van der Waals surface area contributed by atoms with Gasteiger partial charge < -0.3 is 0 Å². The van der Waals surface area contributed by atoms with Crippen LogP contribution in [-0.2, 0) is 13.5 Å². The zero-order chi connectivity index (χ0) is 14.3. The van der Waals surface area contributed by atoms with Gasteiger partial charge in [-0.3, -0.25) is 0 Å². The summed E-state index contributed by atoms with van der Waals surface area (Å²) in [6, 6.07) is 0. The molecule has 0 heterocycles. The summed E-state index contributed by atoms with van der Waals surface area (Å²) >= 11 is -1.92. The molecule has 0 saturated carbocycles. The molecule has 0 aromatic heterocycles. The minimum atomic E-state index is -1.92. The predicted molar refractivity (Wildman–Crippen MR) is 91.6 cm³/mol. The molecule has 0 atom stereocenters. The van der Waals surface area contributed by atoms with E-state index >= 15 is 0 Å². The van der Waals surface area contributed by atoms with E-state index in [-0.39, 0.29) is 0 Å². The van der Waals surface area contributed by atoms with Gasteiger partial charge in [-0.15, -0.1) is 23.8 Å². The van der Waals surface area contributed by atoms with Crippen molar-refractivity contribution in [1.29, 1.82) is 0 Å². The topological polar surface area (TPSA) is 0 Å². The van der Waals surface area contributed by atoms with E-state index in [1.165, 1.54) is 0 Å². The second-order valence-electron chi connectivity index (χ2n) is 4.17. The number of halogens is 3. The first kappa shape index (κ1) is 27.2. The third-order valence-electron chi connectivity index (χ3n) is 0. The summed E-state index contributed by atoms with van der Waals surface area (Å²) in [5.41, 5.74) is 0. The maximum absolute atomic E-state index is 4.97. The maximum atomic E-state index is 4.97.